The molecule has 1 heterocycles. The van der Waals surface area contributed by atoms with Crippen molar-refractivity contribution >= 4 is 12.2 Å². The predicted molar refractivity (Wildman–Crippen MR) is 81.7 cm³/mol. The molecule has 0 bridgehead atoms. The summed E-state index contributed by atoms with van der Waals surface area (Å²) in [4.78, 5) is 24.5. The van der Waals surface area contributed by atoms with Gasteiger partial charge < -0.3 is 9.77 Å². The van der Waals surface area contributed by atoms with Crippen molar-refractivity contribution in [3.05, 3.63) is 67.3 Å². The standard InChI is InChI=1S/C16H18N2O3/c1-11(2)9-13-16(20)18(21)14(15(19)17(13)3)10-12-7-5-4-6-8-12/h4-11,21H,1-3H3. The smallest absolute Gasteiger partial charge is 0.307 e. The Kier molecular flexibility index (Phi) is 4.12. The monoisotopic (exact) mass is 286 g/mol. The van der Waals surface area contributed by atoms with E-state index in [9.17, 15) is 14.8 Å². The lowest BCUT2D eigenvalue weighted by atomic mass is 10.2. The van der Waals surface area contributed by atoms with E-state index in [4.69, 9.17) is 0 Å². The van der Waals surface area contributed by atoms with Crippen LogP contribution in [0, 0.1) is 5.92 Å². The maximum Gasteiger partial charge on any atom is 0.307 e. The highest BCUT2D eigenvalue weighted by Crippen LogP contribution is 1.97. The van der Waals surface area contributed by atoms with Gasteiger partial charge in [0.2, 0.25) is 0 Å². The Balaban J connectivity index is 2.87. The molecule has 1 aromatic carbocycles. The van der Waals surface area contributed by atoms with E-state index >= 15 is 0 Å². The van der Waals surface area contributed by atoms with E-state index < -0.39 is 11.1 Å². The minimum atomic E-state index is -0.604. The van der Waals surface area contributed by atoms with Gasteiger partial charge in [-0.05, 0) is 17.6 Å². The van der Waals surface area contributed by atoms with Gasteiger partial charge in [-0.25, -0.2) is 0 Å². The summed E-state index contributed by atoms with van der Waals surface area (Å²) in [5.74, 6) is 0.0900. The molecule has 1 aromatic heterocycles. The number of aromatic nitrogens is 2. The maximum absolute atomic E-state index is 12.3. The van der Waals surface area contributed by atoms with Gasteiger partial charge >= 0.3 is 5.56 Å². The molecule has 2 aromatic rings. The fraction of sp³-hybridized carbons (Fsp3) is 0.250. The summed E-state index contributed by atoms with van der Waals surface area (Å²) in [7, 11) is 1.53. The quantitative estimate of drug-likeness (QED) is 0.793. The number of benzene rings is 1. The van der Waals surface area contributed by atoms with Crippen LogP contribution in [-0.4, -0.2) is 14.5 Å². The van der Waals surface area contributed by atoms with Crippen molar-refractivity contribution in [3.63, 3.8) is 0 Å². The van der Waals surface area contributed by atoms with Crippen LogP contribution < -0.4 is 21.8 Å². The summed E-state index contributed by atoms with van der Waals surface area (Å²) in [6.45, 7) is 3.80. The topological polar surface area (TPSA) is 64.2 Å². The fourth-order valence-corrected chi connectivity index (χ4v) is 2.06. The van der Waals surface area contributed by atoms with Gasteiger partial charge in [0.25, 0.3) is 5.56 Å². The summed E-state index contributed by atoms with van der Waals surface area (Å²) < 4.78 is 1.69. The Labute approximate surface area is 121 Å². The Morgan fingerprint density at radius 1 is 1.05 bits per heavy atom. The minimum absolute atomic E-state index is 0.0605. The molecule has 0 spiro atoms. The summed E-state index contributed by atoms with van der Waals surface area (Å²) in [6, 6.07) is 9.06. The molecule has 0 amide bonds. The second-order valence-corrected chi connectivity index (χ2v) is 5.22. The number of rotatable bonds is 2. The lowest BCUT2D eigenvalue weighted by Crippen LogP contribution is -2.57. The first-order valence-electron chi connectivity index (χ1n) is 6.71. The van der Waals surface area contributed by atoms with E-state index in [1.807, 2.05) is 32.0 Å². The summed E-state index contributed by atoms with van der Waals surface area (Å²) >= 11 is 0. The van der Waals surface area contributed by atoms with Crippen molar-refractivity contribution < 1.29 is 5.21 Å². The number of hydrogen-bond donors (Lipinski definition) is 1. The molecule has 0 aliphatic rings. The van der Waals surface area contributed by atoms with Gasteiger partial charge in [-0.3, -0.25) is 9.59 Å². The van der Waals surface area contributed by atoms with Crippen molar-refractivity contribution in [2.24, 2.45) is 13.0 Å². The van der Waals surface area contributed by atoms with Crippen molar-refractivity contribution in [2.45, 2.75) is 13.8 Å². The van der Waals surface area contributed by atoms with E-state index in [1.165, 1.54) is 17.7 Å². The molecule has 0 atom stereocenters. The van der Waals surface area contributed by atoms with E-state index in [0.29, 0.717) is 4.73 Å². The lowest BCUT2D eigenvalue weighted by Gasteiger charge is -2.04. The number of hydrogen-bond acceptors (Lipinski definition) is 3. The Morgan fingerprint density at radius 3 is 2.24 bits per heavy atom. The van der Waals surface area contributed by atoms with Gasteiger partial charge in [-0.1, -0.05) is 50.3 Å². The third-order valence-electron chi connectivity index (χ3n) is 3.12. The average Bonchev–Trinajstić information content (AvgIpc) is 2.47. The molecule has 5 nitrogen and oxygen atoms in total. The SMILES string of the molecule is CC(C)C=c1c(=O)n(O)c(=Cc2ccccc2)c(=O)n1C. The number of nitrogens with zero attached hydrogens (tertiary/aromatic N) is 2. The van der Waals surface area contributed by atoms with Crippen LogP contribution in [0.1, 0.15) is 19.4 Å². The van der Waals surface area contributed by atoms with Crippen LogP contribution in [0.25, 0.3) is 12.2 Å². The van der Waals surface area contributed by atoms with Crippen molar-refractivity contribution in [2.75, 3.05) is 0 Å². The van der Waals surface area contributed by atoms with Gasteiger partial charge in [0, 0.05) is 7.05 Å². The van der Waals surface area contributed by atoms with Gasteiger partial charge in [0.15, 0.2) is 0 Å². The molecule has 110 valence electrons. The van der Waals surface area contributed by atoms with Gasteiger partial charge in [-0.2, -0.15) is 0 Å². The third kappa shape index (κ3) is 2.97. The predicted octanol–water partition coefficient (Wildman–Crippen LogP) is 0.0496. The summed E-state index contributed by atoms with van der Waals surface area (Å²) in [5, 5.41) is 10.1. The van der Waals surface area contributed by atoms with Crippen LogP contribution >= 0.6 is 0 Å². The maximum atomic E-state index is 12.3. The first-order chi connectivity index (χ1) is 9.91. The van der Waals surface area contributed by atoms with Crippen LogP contribution in [0.4, 0.5) is 0 Å². The third-order valence-corrected chi connectivity index (χ3v) is 3.12. The van der Waals surface area contributed by atoms with Crippen LogP contribution in [0.5, 0.6) is 0 Å². The largest absolute Gasteiger partial charge is 0.425 e. The Morgan fingerprint density at radius 2 is 1.67 bits per heavy atom. The lowest BCUT2D eigenvalue weighted by molar-refractivity contribution is 0.161. The molecular weight excluding hydrogens is 268 g/mol. The Bertz CT molecular complexity index is 875. The molecule has 1 N–H and O–H groups in total. The highest BCUT2D eigenvalue weighted by Gasteiger charge is 2.07. The van der Waals surface area contributed by atoms with Gasteiger partial charge in [-0.15, -0.1) is 4.73 Å². The first kappa shape index (κ1) is 14.8. The normalized spacial score (nSPS) is 13.1. The van der Waals surface area contributed by atoms with Gasteiger partial charge in [0.05, 0.1) is 0 Å². The zero-order valence-electron chi connectivity index (χ0n) is 12.3. The molecule has 0 aliphatic heterocycles. The molecule has 0 saturated heterocycles. The second-order valence-electron chi connectivity index (χ2n) is 5.22. The molecule has 0 saturated carbocycles. The van der Waals surface area contributed by atoms with Crippen LogP contribution in [-0.2, 0) is 7.05 Å². The average molecular weight is 286 g/mol. The summed E-state index contributed by atoms with van der Waals surface area (Å²) in [6.07, 6.45) is 3.14. The first-order valence-corrected chi connectivity index (χ1v) is 6.71. The van der Waals surface area contributed by atoms with Crippen molar-refractivity contribution in [3.8, 4) is 0 Å². The van der Waals surface area contributed by atoms with Crippen molar-refractivity contribution in [1.82, 2.24) is 9.30 Å². The molecule has 0 radical (unpaired) electrons. The zero-order chi connectivity index (χ0) is 15.6. The van der Waals surface area contributed by atoms with E-state index in [-0.39, 0.29) is 16.6 Å². The van der Waals surface area contributed by atoms with E-state index in [2.05, 4.69) is 0 Å². The molecule has 2 rings (SSSR count). The van der Waals surface area contributed by atoms with E-state index in [1.54, 1.807) is 18.2 Å². The minimum Gasteiger partial charge on any atom is -0.425 e. The molecule has 0 unspecified atom stereocenters. The zero-order valence-corrected chi connectivity index (χ0v) is 12.3. The molecular formula is C16H18N2O3. The van der Waals surface area contributed by atoms with E-state index in [0.717, 1.165) is 5.56 Å². The molecule has 5 heteroatoms. The molecule has 0 aliphatic carbocycles. The second kappa shape index (κ2) is 5.83. The molecule has 0 fully saturated rings. The highest BCUT2D eigenvalue weighted by atomic mass is 16.5. The van der Waals surface area contributed by atoms with Gasteiger partial charge in [0.1, 0.15) is 10.7 Å². The highest BCUT2D eigenvalue weighted by molar-refractivity contribution is 5.47. The van der Waals surface area contributed by atoms with Crippen LogP contribution in [0.15, 0.2) is 39.9 Å². The Hall–Kier alpha value is -2.56. The fourth-order valence-electron chi connectivity index (χ4n) is 2.06. The van der Waals surface area contributed by atoms with Crippen molar-refractivity contribution in [1.29, 1.82) is 0 Å². The molecule has 21 heavy (non-hydrogen) atoms. The van der Waals surface area contributed by atoms with Crippen LogP contribution in [0.2, 0.25) is 0 Å². The summed E-state index contributed by atoms with van der Waals surface area (Å²) in [5.41, 5.74) is -0.293. The van der Waals surface area contributed by atoms with Crippen LogP contribution in [0.3, 0.4) is 0 Å².